The van der Waals surface area contributed by atoms with Crippen LogP contribution in [-0.4, -0.2) is 76.0 Å². The molecule has 0 radical (unpaired) electrons. The van der Waals surface area contributed by atoms with Crippen LogP contribution in [0.4, 0.5) is 0 Å². The van der Waals surface area contributed by atoms with E-state index in [1.165, 1.54) is 13.1 Å². The molecule has 1 aliphatic heterocycles. The molecule has 2 rings (SSSR count). The normalized spacial score (nSPS) is 31.9. The molecule has 0 aromatic heterocycles. The van der Waals surface area contributed by atoms with E-state index in [1.54, 1.807) is 12.1 Å². The number of nitrogens with zero attached hydrogens (tertiary/aromatic N) is 1. The second kappa shape index (κ2) is 8.32. The molecule has 0 aliphatic carbocycles. The Morgan fingerprint density at radius 3 is 2.62 bits per heavy atom. The van der Waals surface area contributed by atoms with Crippen molar-refractivity contribution in [2.45, 2.75) is 43.7 Å². The van der Waals surface area contributed by atoms with Crippen molar-refractivity contribution in [1.29, 1.82) is 0 Å². The van der Waals surface area contributed by atoms with E-state index in [9.17, 15) is 20.1 Å². The van der Waals surface area contributed by atoms with E-state index in [1.807, 2.05) is 18.2 Å². The molecule has 24 heavy (non-hydrogen) atoms. The lowest BCUT2D eigenvalue weighted by Gasteiger charge is -2.41. The van der Waals surface area contributed by atoms with Crippen LogP contribution in [-0.2, 0) is 14.3 Å². The number of carboxylic acids is 1. The highest BCUT2D eigenvalue weighted by Gasteiger charge is 2.46. The minimum atomic E-state index is -1.45. The minimum Gasteiger partial charge on any atom is -0.479 e. The van der Waals surface area contributed by atoms with Gasteiger partial charge in [-0.25, -0.2) is 4.79 Å². The van der Waals surface area contributed by atoms with Gasteiger partial charge in [0.15, 0.2) is 12.4 Å². The molecule has 1 fully saturated rings. The van der Waals surface area contributed by atoms with Crippen LogP contribution in [0.25, 0.3) is 0 Å². The zero-order valence-electron chi connectivity index (χ0n) is 13.1. The monoisotopic (exact) mass is 339 g/mol. The van der Waals surface area contributed by atoms with Crippen molar-refractivity contribution in [3.05, 3.63) is 35.9 Å². The van der Waals surface area contributed by atoms with Crippen LogP contribution in [0.5, 0.6) is 0 Å². The van der Waals surface area contributed by atoms with E-state index in [2.05, 4.69) is 4.99 Å². The SMILES string of the molecule is C[C@@H](O[C@H]1[C@H](O)[C@@H](CO)OC(O)[C@@H]1N=Cc1ccccc1)C(=O)O. The number of hydrogen-bond acceptors (Lipinski definition) is 7. The predicted molar refractivity (Wildman–Crippen MR) is 83.8 cm³/mol. The molecule has 132 valence electrons. The van der Waals surface area contributed by atoms with Crippen molar-refractivity contribution in [1.82, 2.24) is 0 Å². The lowest BCUT2D eigenvalue weighted by molar-refractivity contribution is -0.262. The Bertz CT molecular complexity index is 565. The summed E-state index contributed by atoms with van der Waals surface area (Å²) in [6.07, 6.45) is -4.75. The van der Waals surface area contributed by atoms with Crippen LogP contribution < -0.4 is 0 Å². The molecule has 1 aromatic rings. The lowest BCUT2D eigenvalue weighted by atomic mass is 9.97. The quantitative estimate of drug-likeness (QED) is 0.510. The van der Waals surface area contributed by atoms with Crippen LogP contribution in [0.15, 0.2) is 35.3 Å². The molecule has 6 atom stereocenters. The van der Waals surface area contributed by atoms with Gasteiger partial charge in [-0.05, 0) is 12.5 Å². The minimum absolute atomic E-state index is 0.547. The van der Waals surface area contributed by atoms with Gasteiger partial charge >= 0.3 is 5.97 Å². The largest absolute Gasteiger partial charge is 0.479 e. The maximum atomic E-state index is 11.0. The smallest absolute Gasteiger partial charge is 0.332 e. The lowest BCUT2D eigenvalue weighted by Crippen LogP contribution is -2.59. The maximum Gasteiger partial charge on any atom is 0.332 e. The van der Waals surface area contributed by atoms with Crippen LogP contribution in [0, 0.1) is 0 Å². The third-order valence-electron chi connectivity index (χ3n) is 3.74. The van der Waals surface area contributed by atoms with E-state index in [0.717, 1.165) is 5.56 Å². The Labute approximate surface area is 139 Å². The Kier molecular flexibility index (Phi) is 6.41. The number of aliphatic hydroxyl groups excluding tert-OH is 3. The van der Waals surface area contributed by atoms with Crippen molar-refractivity contribution in [2.75, 3.05) is 6.61 Å². The highest BCUT2D eigenvalue weighted by molar-refractivity contribution is 5.79. The summed E-state index contributed by atoms with van der Waals surface area (Å²) in [5.41, 5.74) is 0.758. The van der Waals surface area contributed by atoms with Crippen molar-refractivity contribution in [3.8, 4) is 0 Å². The Morgan fingerprint density at radius 2 is 2.04 bits per heavy atom. The first-order valence-corrected chi connectivity index (χ1v) is 7.53. The number of aliphatic imine (C=N–C) groups is 1. The second-order valence-electron chi connectivity index (χ2n) is 5.50. The first kappa shape index (κ1) is 18.5. The summed E-state index contributed by atoms with van der Waals surface area (Å²) in [5, 5.41) is 38.6. The average Bonchev–Trinajstić information content (AvgIpc) is 2.57. The number of benzene rings is 1. The summed E-state index contributed by atoms with van der Waals surface area (Å²) in [6, 6.07) is 8.01. The van der Waals surface area contributed by atoms with Crippen LogP contribution in [0.2, 0.25) is 0 Å². The number of ether oxygens (including phenoxy) is 2. The van der Waals surface area contributed by atoms with E-state index < -0.39 is 49.3 Å². The highest BCUT2D eigenvalue weighted by Crippen LogP contribution is 2.25. The van der Waals surface area contributed by atoms with E-state index in [4.69, 9.17) is 14.6 Å². The maximum absolute atomic E-state index is 11.0. The first-order chi connectivity index (χ1) is 11.4. The Hall–Kier alpha value is -1.84. The number of aliphatic hydroxyl groups is 3. The molecular weight excluding hydrogens is 318 g/mol. The molecule has 0 spiro atoms. The van der Waals surface area contributed by atoms with Gasteiger partial charge in [0.2, 0.25) is 0 Å². The molecule has 1 saturated heterocycles. The van der Waals surface area contributed by atoms with Crippen molar-refractivity contribution < 1.29 is 34.7 Å². The number of hydrogen-bond donors (Lipinski definition) is 4. The fraction of sp³-hybridized carbons (Fsp3) is 0.500. The van der Waals surface area contributed by atoms with Gasteiger partial charge in [0.25, 0.3) is 0 Å². The van der Waals surface area contributed by atoms with Crippen LogP contribution in [0.1, 0.15) is 12.5 Å². The standard InChI is InChI=1S/C16H21NO7/c1-9(15(20)21)23-14-12(16(22)24-11(8-18)13(14)19)17-7-10-5-3-2-4-6-10/h2-7,9,11-14,16,18-19,22H,8H2,1H3,(H,20,21)/t9-,11-,12-,13-,14-,16?/m1/s1. The molecule has 1 aromatic carbocycles. The molecule has 1 aliphatic rings. The van der Waals surface area contributed by atoms with E-state index in [0.29, 0.717) is 0 Å². The van der Waals surface area contributed by atoms with Gasteiger partial charge in [0.1, 0.15) is 24.4 Å². The summed E-state index contributed by atoms with van der Waals surface area (Å²) in [7, 11) is 0. The summed E-state index contributed by atoms with van der Waals surface area (Å²) < 4.78 is 10.5. The Balaban J connectivity index is 2.23. The molecule has 0 saturated carbocycles. The third kappa shape index (κ3) is 4.37. The zero-order chi connectivity index (χ0) is 17.7. The first-order valence-electron chi connectivity index (χ1n) is 7.53. The molecule has 8 heteroatoms. The third-order valence-corrected chi connectivity index (χ3v) is 3.74. The summed E-state index contributed by atoms with van der Waals surface area (Å²) in [4.78, 5) is 15.2. The van der Waals surface area contributed by atoms with Gasteiger partial charge in [-0.2, -0.15) is 0 Å². The van der Waals surface area contributed by atoms with Crippen LogP contribution >= 0.6 is 0 Å². The Morgan fingerprint density at radius 1 is 1.38 bits per heavy atom. The van der Waals surface area contributed by atoms with Crippen molar-refractivity contribution in [3.63, 3.8) is 0 Å². The summed E-state index contributed by atoms with van der Waals surface area (Å²) in [5.74, 6) is -1.21. The van der Waals surface area contributed by atoms with Gasteiger partial charge in [-0.3, -0.25) is 4.99 Å². The summed E-state index contributed by atoms with van der Waals surface area (Å²) >= 11 is 0. The molecule has 0 bridgehead atoms. The molecule has 4 N–H and O–H groups in total. The fourth-order valence-corrected chi connectivity index (χ4v) is 2.39. The number of aliphatic carboxylic acids is 1. The predicted octanol–water partition coefficient (Wildman–Crippen LogP) is -0.597. The molecule has 0 amide bonds. The van der Waals surface area contributed by atoms with Crippen molar-refractivity contribution >= 4 is 12.2 Å². The van der Waals surface area contributed by atoms with Crippen LogP contribution in [0.3, 0.4) is 0 Å². The van der Waals surface area contributed by atoms with Gasteiger partial charge < -0.3 is 29.9 Å². The molecule has 8 nitrogen and oxygen atoms in total. The molecular formula is C16H21NO7. The second-order valence-corrected chi connectivity index (χ2v) is 5.50. The topological polar surface area (TPSA) is 129 Å². The summed E-state index contributed by atoms with van der Waals surface area (Å²) in [6.45, 7) is 0.761. The van der Waals surface area contributed by atoms with E-state index in [-0.39, 0.29) is 0 Å². The average molecular weight is 339 g/mol. The van der Waals surface area contributed by atoms with Gasteiger partial charge in [0.05, 0.1) is 6.61 Å². The number of rotatable bonds is 6. The van der Waals surface area contributed by atoms with Gasteiger partial charge in [0, 0.05) is 6.21 Å². The zero-order valence-corrected chi connectivity index (χ0v) is 13.1. The van der Waals surface area contributed by atoms with Gasteiger partial charge in [-0.1, -0.05) is 30.3 Å². The molecule has 1 heterocycles. The fourth-order valence-electron chi connectivity index (χ4n) is 2.39. The molecule has 1 unspecified atom stereocenters. The van der Waals surface area contributed by atoms with Gasteiger partial charge in [-0.15, -0.1) is 0 Å². The van der Waals surface area contributed by atoms with Crippen molar-refractivity contribution in [2.24, 2.45) is 4.99 Å². The van der Waals surface area contributed by atoms with E-state index >= 15 is 0 Å². The number of carbonyl (C=O) groups is 1. The number of carboxylic acid groups (broad SMARTS) is 1. The highest BCUT2D eigenvalue weighted by atomic mass is 16.6.